The van der Waals surface area contributed by atoms with Crippen molar-refractivity contribution in [3.63, 3.8) is 0 Å². The van der Waals surface area contributed by atoms with Crippen molar-refractivity contribution in [2.75, 3.05) is 26.2 Å². The summed E-state index contributed by atoms with van der Waals surface area (Å²) in [5.74, 6) is 1.23. The Balaban J connectivity index is 1.60. The molecule has 5 nitrogen and oxygen atoms in total. The van der Waals surface area contributed by atoms with Gasteiger partial charge in [0.25, 0.3) is 0 Å². The lowest BCUT2D eigenvalue weighted by Gasteiger charge is -2.41. The normalized spacial score (nSPS) is 19.5. The molecule has 1 aliphatic carbocycles. The third kappa shape index (κ3) is 6.05. The molecule has 1 aliphatic heterocycles. The molecule has 0 unspecified atom stereocenters. The van der Waals surface area contributed by atoms with Gasteiger partial charge in [0.2, 0.25) is 11.8 Å². The number of aryl methyl sites for hydroxylation is 1. The highest BCUT2D eigenvalue weighted by Crippen LogP contribution is 2.31. The monoisotopic (exact) mass is 399 g/mol. The van der Waals surface area contributed by atoms with Crippen LogP contribution in [0.1, 0.15) is 57.1 Å². The standard InChI is InChI=1S/C24H37N3O2/c1-18(2)15-22(28)26-11-13-27(14-12-26)23(21-9-4-5-10-21)24(29)25-17-20-8-6-7-19(3)16-20/h6-8,16,18,21,23H,4-5,9-15,17H2,1-3H3,(H,25,29)/t23-/m1/s1. The first-order valence-corrected chi connectivity index (χ1v) is 11.3. The van der Waals surface area contributed by atoms with Gasteiger partial charge < -0.3 is 10.2 Å². The second-order valence-electron chi connectivity index (χ2n) is 9.21. The van der Waals surface area contributed by atoms with E-state index in [0.29, 0.717) is 24.8 Å². The Morgan fingerprint density at radius 1 is 1.10 bits per heavy atom. The first-order valence-electron chi connectivity index (χ1n) is 11.3. The van der Waals surface area contributed by atoms with Crippen molar-refractivity contribution in [3.8, 4) is 0 Å². The molecule has 2 amide bonds. The van der Waals surface area contributed by atoms with Crippen molar-refractivity contribution < 1.29 is 9.59 Å². The Morgan fingerprint density at radius 2 is 1.79 bits per heavy atom. The van der Waals surface area contributed by atoms with Crippen LogP contribution in [0.4, 0.5) is 0 Å². The van der Waals surface area contributed by atoms with E-state index in [1.165, 1.54) is 18.4 Å². The predicted octanol–water partition coefficient (Wildman–Crippen LogP) is 3.36. The van der Waals surface area contributed by atoms with E-state index in [1.54, 1.807) is 0 Å². The number of carbonyl (C=O) groups excluding carboxylic acids is 2. The molecule has 0 radical (unpaired) electrons. The second kappa shape index (κ2) is 10.2. The zero-order valence-corrected chi connectivity index (χ0v) is 18.3. The van der Waals surface area contributed by atoms with Gasteiger partial charge in [-0.05, 0) is 37.2 Å². The number of nitrogens with one attached hydrogen (secondary N) is 1. The largest absolute Gasteiger partial charge is 0.351 e. The van der Waals surface area contributed by atoms with Crippen molar-refractivity contribution in [1.29, 1.82) is 0 Å². The van der Waals surface area contributed by atoms with Gasteiger partial charge in [0, 0.05) is 39.1 Å². The summed E-state index contributed by atoms with van der Waals surface area (Å²) < 4.78 is 0. The van der Waals surface area contributed by atoms with Gasteiger partial charge in [0.1, 0.15) is 0 Å². The maximum absolute atomic E-state index is 13.2. The topological polar surface area (TPSA) is 52.7 Å². The molecule has 29 heavy (non-hydrogen) atoms. The highest BCUT2D eigenvalue weighted by molar-refractivity contribution is 5.82. The number of nitrogens with zero attached hydrogens (tertiary/aromatic N) is 2. The maximum Gasteiger partial charge on any atom is 0.237 e. The molecule has 1 aromatic carbocycles. The number of amides is 2. The number of benzene rings is 1. The van der Waals surface area contributed by atoms with Crippen LogP contribution in [-0.2, 0) is 16.1 Å². The Morgan fingerprint density at radius 3 is 2.41 bits per heavy atom. The van der Waals surface area contributed by atoms with E-state index in [0.717, 1.165) is 44.6 Å². The van der Waals surface area contributed by atoms with Crippen LogP contribution in [0.25, 0.3) is 0 Å². The molecule has 1 atom stereocenters. The summed E-state index contributed by atoms with van der Waals surface area (Å²) in [4.78, 5) is 29.9. The Hall–Kier alpha value is -1.88. The lowest BCUT2D eigenvalue weighted by Crippen LogP contribution is -2.58. The first kappa shape index (κ1) is 21.8. The average Bonchev–Trinajstić information content (AvgIpc) is 3.21. The van der Waals surface area contributed by atoms with Gasteiger partial charge in [-0.2, -0.15) is 0 Å². The molecule has 1 saturated carbocycles. The lowest BCUT2D eigenvalue weighted by atomic mass is 9.94. The summed E-state index contributed by atoms with van der Waals surface area (Å²) in [7, 11) is 0. The van der Waals surface area contributed by atoms with Crippen LogP contribution in [0.3, 0.4) is 0 Å². The van der Waals surface area contributed by atoms with Crippen molar-refractivity contribution >= 4 is 11.8 Å². The van der Waals surface area contributed by atoms with E-state index in [1.807, 2.05) is 11.0 Å². The highest BCUT2D eigenvalue weighted by Gasteiger charge is 2.37. The van der Waals surface area contributed by atoms with Gasteiger partial charge in [-0.15, -0.1) is 0 Å². The Labute approximate surface area is 175 Å². The van der Waals surface area contributed by atoms with Crippen LogP contribution < -0.4 is 5.32 Å². The van der Waals surface area contributed by atoms with E-state index in [-0.39, 0.29) is 17.9 Å². The fourth-order valence-electron chi connectivity index (χ4n) is 4.79. The maximum atomic E-state index is 13.2. The number of hydrogen-bond acceptors (Lipinski definition) is 3. The van der Waals surface area contributed by atoms with E-state index >= 15 is 0 Å². The van der Waals surface area contributed by atoms with Crippen LogP contribution in [0, 0.1) is 18.8 Å². The smallest absolute Gasteiger partial charge is 0.237 e. The molecule has 5 heteroatoms. The molecule has 1 heterocycles. The molecular weight excluding hydrogens is 362 g/mol. The molecule has 1 aromatic rings. The van der Waals surface area contributed by atoms with Crippen LogP contribution in [0.2, 0.25) is 0 Å². The van der Waals surface area contributed by atoms with Crippen molar-refractivity contribution in [2.45, 2.75) is 65.5 Å². The third-order valence-electron chi connectivity index (χ3n) is 6.31. The van der Waals surface area contributed by atoms with Gasteiger partial charge in [-0.25, -0.2) is 0 Å². The summed E-state index contributed by atoms with van der Waals surface area (Å²) in [6.07, 6.45) is 5.32. The molecular formula is C24H37N3O2. The molecule has 2 fully saturated rings. The number of piperazine rings is 1. The number of rotatable bonds is 7. The molecule has 0 spiro atoms. The van der Waals surface area contributed by atoms with Crippen molar-refractivity contribution in [2.24, 2.45) is 11.8 Å². The van der Waals surface area contributed by atoms with Crippen LogP contribution >= 0.6 is 0 Å². The Kier molecular flexibility index (Phi) is 7.70. The summed E-state index contributed by atoms with van der Waals surface area (Å²) in [6, 6.07) is 8.25. The van der Waals surface area contributed by atoms with E-state index in [4.69, 9.17) is 0 Å². The van der Waals surface area contributed by atoms with Gasteiger partial charge in [-0.1, -0.05) is 56.5 Å². The second-order valence-corrected chi connectivity index (χ2v) is 9.21. The molecule has 160 valence electrons. The molecule has 2 aliphatic rings. The molecule has 1 saturated heterocycles. The number of hydrogen-bond donors (Lipinski definition) is 1. The van der Waals surface area contributed by atoms with Gasteiger partial charge >= 0.3 is 0 Å². The summed E-state index contributed by atoms with van der Waals surface area (Å²) in [5.41, 5.74) is 2.36. The zero-order valence-electron chi connectivity index (χ0n) is 18.3. The van der Waals surface area contributed by atoms with Crippen molar-refractivity contribution in [3.05, 3.63) is 35.4 Å². The van der Waals surface area contributed by atoms with Crippen molar-refractivity contribution in [1.82, 2.24) is 15.1 Å². The third-order valence-corrected chi connectivity index (χ3v) is 6.31. The minimum atomic E-state index is -0.0651. The van der Waals surface area contributed by atoms with Crippen LogP contribution in [0.5, 0.6) is 0 Å². The minimum Gasteiger partial charge on any atom is -0.351 e. The van der Waals surface area contributed by atoms with Crippen LogP contribution in [0.15, 0.2) is 24.3 Å². The van der Waals surface area contributed by atoms with Gasteiger partial charge in [-0.3, -0.25) is 14.5 Å². The lowest BCUT2D eigenvalue weighted by molar-refractivity contribution is -0.136. The van der Waals surface area contributed by atoms with Gasteiger partial charge in [0.15, 0.2) is 0 Å². The van der Waals surface area contributed by atoms with E-state index < -0.39 is 0 Å². The summed E-state index contributed by atoms with van der Waals surface area (Å²) >= 11 is 0. The quantitative estimate of drug-likeness (QED) is 0.765. The SMILES string of the molecule is Cc1cccc(CNC(=O)[C@@H](C2CCCC2)N2CCN(C(=O)CC(C)C)CC2)c1. The predicted molar refractivity (Wildman–Crippen MR) is 116 cm³/mol. The molecule has 0 aromatic heterocycles. The number of carbonyl (C=O) groups is 2. The minimum absolute atomic E-state index is 0.0651. The zero-order chi connectivity index (χ0) is 20.8. The summed E-state index contributed by atoms with van der Waals surface area (Å²) in [5, 5.41) is 3.20. The average molecular weight is 400 g/mol. The van der Waals surface area contributed by atoms with Gasteiger partial charge in [0.05, 0.1) is 6.04 Å². The van der Waals surface area contributed by atoms with Crippen LogP contribution in [-0.4, -0.2) is 53.8 Å². The highest BCUT2D eigenvalue weighted by atomic mass is 16.2. The first-order chi connectivity index (χ1) is 13.9. The molecule has 3 rings (SSSR count). The molecule has 1 N–H and O–H groups in total. The van der Waals surface area contributed by atoms with E-state index in [2.05, 4.69) is 49.2 Å². The molecule has 0 bridgehead atoms. The van der Waals surface area contributed by atoms with E-state index in [9.17, 15) is 9.59 Å². The fourth-order valence-corrected chi connectivity index (χ4v) is 4.79. The fraction of sp³-hybridized carbons (Fsp3) is 0.667. The Bertz CT molecular complexity index is 689. The summed E-state index contributed by atoms with van der Waals surface area (Å²) in [6.45, 7) is 9.89.